The highest BCUT2D eigenvalue weighted by molar-refractivity contribution is 7.90. The third-order valence-electron chi connectivity index (χ3n) is 5.47. The lowest BCUT2D eigenvalue weighted by atomic mass is 9.95. The number of sulfone groups is 1. The molecule has 0 spiro atoms. The number of nitrogens with zero attached hydrogens (tertiary/aromatic N) is 4. The molecule has 5 rings (SSSR count). The summed E-state index contributed by atoms with van der Waals surface area (Å²) in [5.74, 6) is -0.264. The third kappa shape index (κ3) is 3.99. The van der Waals surface area contributed by atoms with Gasteiger partial charge in [0.1, 0.15) is 17.1 Å². The number of benzene rings is 2. The van der Waals surface area contributed by atoms with Gasteiger partial charge in [-0.15, -0.1) is 0 Å². The first-order valence-electron chi connectivity index (χ1n) is 9.93. The number of H-pyrrole nitrogens is 1. The molecule has 174 valence electrons. The number of aryl methyl sites for hydroxylation is 1. The van der Waals surface area contributed by atoms with Crippen LogP contribution in [-0.4, -0.2) is 32.5 Å². The number of fused-ring (bicyclic) bond motifs is 1. The topological polar surface area (TPSA) is 93.5 Å². The van der Waals surface area contributed by atoms with Crippen molar-refractivity contribution >= 4 is 32.3 Å². The van der Waals surface area contributed by atoms with Crippen molar-refractivity contribution in [1.29, 1.82) is 0 Å². The van der Waals surface area contributed by atoms with E-state index in [1.54, 1.807) is 25.4 Å². The summed E-state index contributed by atoms with van der Waals surface area (Å²) in [5.41, 5.74) is 1.87. The number of rotatable bonds is 5. The Morgan fingerprint density at radius 3 is 2.56 bits per heavy atom. The Labute approximate surface area is 196 Å². The first kappa shape index (κ1) is 22.3. The summed E-state index contributed by atoms with van der Waals surface area (Å²) in [6.45, 7) is 0. The maximum atomic E-state index is 13.4. The van der Waals surface area contributed by atoms with Crippen LogP contribution in [0.5, 0.6) is 0 Å². The molecule has 2 aromatic carbocycles. The SMILES string of the molecule is Cn1nccc1-c1cc(C(F)(F)F)ccc1-c1c[nH]c2cc(S(=O)(=O)Cc3ncns3)ccc12. The Kier molecular flexibility index (Phi) is 5.29. The van der Waals surface area contributed by atoms with Gasteiger partial charge in [0.05, 0.1) is 16.2 Å². The molecule has 0 bridgehead atoms. The van der Waals surface area contributed by atoms with Gasteiger partial charge in [0.15, 0.2) is 9.84 Å². The lowest BCUT2D eigenvalue weighted by molar-refractivity contribution is -0.137. The second kappa shape index (κ2) is 8.06. The molecule has 12 heteroatoms. The normalized spacial score (nSPS) is 12.5. The number of aromatic amines is 1. The maximum absolute atomic E-state index is 13.4. The van der Waals surface area contributed by atoms with Crippen molar-refractivity contribution in [1.82, 2.24) is 24.1 Å². The van der Waals surface area contributed by atoms with E-state index in [1.165, 1.54) is 35.4 Å². The minimum absolute atomic E-state index is 0.114. The Morgan fingerprint density at radius 1 is 1.06 bits per heavy atom. The van der Waals surface area contributed by atoms with Crippen LogP contribution >= 0.6 is 11.5 Å². The lowest BCUT2D eigenvalue weighted by Crippen LogP contribution is -2.06. The summed E-state index contributed by atoms with van der Waals surface area (Å²) in [6, 6.07) is 9.87. The predicted molar refractivity (Wildman–Crippen MR) is 122 cm³/mol. The van der Waals surface area contributed by atoms with Gasteiger partial charge < -0.3 is 4.98 Å². The largest absolute Gasteiger partial charge is 0.416 e. The van der Waals surface area contributed by atoms with E-state index in [-0.39, 0.29) is 10.6 Å². The van der Waals surface area contributed by atoms with E-state index in [4.69, 9.17) is 0 Å². The smallest absolute Gasteiger partial charge is 0.361 e. The fourth-order valence-corrected chi connectivity index (χ4v) is 5.96. The monoisotopic (exact) mass is 503 g/mol. The molecule has 34 heavy (non-hydrogen) atoms. The van der Waals surface area contributed by atoms with E-state index in [9.17, 15) is 21.6 Å². The minimum Gasteiger partial charge on any atom is -0.361 e. The zero-order valence-electron chi connectivity index (χ0n) is 17.5. The van der Waals surface area contributed by atoms with Crippen molar-refractivity contribution in [3.05, 3.63) is 71.8 Å². The van der Waals surface area contributed by atoms with Gasteiger partial charge in [0.2, 0.25) is 0 Å². The van der Waals surface area contributed by atoms with Crippen LogP contribution in [0.2, 0.25) is 0 Å². The fraction of sp³-hybridized carbons (Fsp3) is 0.136. The number of nitrogens with one attached hydrogen (secondary N) is 1. The van der Waals surface area contributed by atoms with Crippen LogP contribution in [-0.2, 0) is 28.8 Å². The third-order valence-corrected chi connectivity index (χ3v) is 7.94. The summed E-state index contributed by atoms with van der Waals surface area (Å²) in [7, 11) is -1.99. The number of halogens is 3. The van der Waals surface area contributed by atoms with E-state index in [1.807, 2.05) is 0 Å². The van der Waals surface area contributed by atoms with Crippen molar-refractivity contribution in [2.45, 2.75) is 16.8 Å². The quantitative estimate of drug-likeness (QED) is 0.361. The number of aromatic nitrogens is 5. The molecule has 0 radical (unpaired) electrons. The van der Waals surface area contributed by atoms with Crippen LogP contribution in [0.15, 0.2) is 66.1 Å². The molecule has 0 amide bonds. The molecule has 0 saturated heterocycles. The Bertz CT molecular complexity index is 1600. The molecule has 0 aliphatic carbocycles. The molecule has 0 fully saturated rings. The summed E-state index contributed by atoms with van der Waals surface area (Å²) < 4.78 is 71.3. The molecule has 0 aliphatic heterocycles. The molecule has 0 saturated carbocycles. The summed E-state index contributed by atoms with van der Waals surface area (Å²) in [5, 5.41) is 5.16. The standard InChI is InChI=1S/C22H16F3N5O2S2/c1-30-20(6-7-28-30)17-8-13(22(23,24)25)2-4-15(17)18-10-26-19-9-14(3-5-16(18)19)34(31,32)11-21-27-12-29-33-21/h2-10,12,26H,11H2,1H3. The summed E-state index contributed by atoms with van der Waals surface area (Å²) in [4.78, 5) is 7.10. The van der Waals surface area contributed by atoms with Gasteiger partial charge in [-0.25, -0.2) is 13.4 Å². The van der Waals surface area contributed by atoms with Gasteiger partial charge in [-0.2, -0.15) is 22.6 Å². The zero-order chi connectivity index (χ0) is 24.1. The fourth-order valence-electron chi connectivity index (χ4n) is 3.83. The van der Waals surface area contributed by atoms with Gasteiger partial charge in [-0.1, -0.05) is 12.1 Å². The molecule has 1 N–H and O–H groups in total. The van der Waals surface area contributed by atoms with Crippen molar-refractivity contribution in [3.63, 3.8) is 0 Å². The van der Waals surface area contributed by atoms with Crippen molar-refractivity contribution in [2.24, 2.45) is 7.05 Å². The molecular weight excluding hydrogens is 487 g/mol. The van der Waals surface area contributed by atoms with Crippen LogP contribution in [0, 0.1) is 0 Å². The van der Waals surface area contributed by atoms with Gasteiger partial charge in [-0.3, -0.25) is 4.68 Å². The molecule has 7 nitrogen and oxygen atoms in total. The van der Waals surface area contributed by atoms with Crippen molar-refractivity contribution in [2.75, 3.05) is 0 Å². The van der Waals surface area contributed by atoms with Gasteiger partial charge in [-0.05, 0) is 47.4 Å². The molecule has 5 aromatic rings. The second-order valence-corrected chi connectivity index (χ2v) is 10.5. The van der Waals surface area contributed by atoms with Gasteiger partial charge >= 0.3 is 6.18 Å². The summed E-state index contributed by atoms with van der Waals surface area (Å²) >= 11 is 1.02. The number of hydrogen-bond donors (Lipinski definition) is 1. The Hall–Kier alpha value is -3.51. The molecular formula is C22H16F3N5O2S2. The molecule has 0 unspecified atom stereocenters. The second-order valence-electron chi connectivity index (χ2n) is 7.60. The van der Waals surface area contributed by atoms with E-state index in [2.05, 4.69) is 19.4 Å². The highest BCUT2D eigenvalue weighted by atomic mass is 32.2. The van der Waals surface area contributed by atoms with Crippen molar-refractivity contribution in [3.8, 4) is 22.4 Å². The van der Waals surface area contributed by atoms with Gasteiger partial charge in [0, 0.05) is 41.5 Å². The molecule has 0 aliphatic rings. The molecule has 3 heterocycles. The minimum atomic E-state index is -4.50. The van der Waals surface area contributed by atoms with E-state index >= 15 is 0 Å². The van der Waals surface area contributed by atoms with Crippen molar-refractivity contribution < 1.29 is 21.6 Å². The highest BCUT2D eigenvalue weighted by Gasteiger charge is 2.32. The van der Waals surface area contributed by atoms with E-state index < -0.39 is 21.6 Å². The highest BCUT2D eigenvalue weighted by Crippen LogP contribution is 2.40. The average molecular weight is 504 g/mol. The molecule has 3 aromatic heterocycles. The maximum Gasteiger partial charge on any atom is 0.416 e. The van der Waals surface area contributed by atoms with Crippen LogP contribution in [0.3, 0.4) is 0 Å². The Morgan fingerprint density at radius 2 is 1.88 bits per heavy atom. The summed E-state index contributed by atoms with van der Waals surface area (Å²) in [6.07, 6.45) is -0.0138. The van der Waals surface area contributed by atoms with Crippen LogP contribution in [0.1, 0.15) is 10.6 Å². The van der Waals surface area contributed by atoms with Crippen LogP contribution in [0.25, 0.3) is 33.3 Å². The number of hydrogen-bond acceptors (Lipinski definition) is 6. The lowest BCUT2D eigenvalue weighted by Gasteiger charge is -2.14. The predicted octanol–water partition coefficient (Wildman–Crippen LogP) is 5.08. The first-order valence-corrected chi connectivity index (χ1v) is 12.4. The van der Waals surface area contributed by atoms with Crippen LogP contribution in [0.4, 0.5) is 13.2 Å². The van der Waals surface area contributed by atoms with Gasteiger partial charge in [0.25, 0.3) is 0 Å². The molecule has 0 atom stereocenters. The zero-order valence-corrected chi connectivity index (χ0v) is 19.2. The first-order chi connectivity index (χ1) is 16.1. The average Bonchev–Trinajstić information content (AvgIpc) is 3.53. The van der Waals surface area contributed by atoms with Crippen LogP contribution < -0.4 is 0 Å². The Balaban J connectivity index is 1.62. The number of alkyl halides is 3. The van der Waals surface area contributed by atoms with E-state index in [0.717, 1.165) is 23.7 Å². The van der Waals surface area contributed by atoms with E-state index in [0.29, 0.717) is 38.3 Å².